The SMILES string of the molecule is c1ccc([C@@H](NC[C@@H]2CCCCO2)c2ccncc2)cc1. The molecule has 1 aliphatic rings. The summed E-state index contributed by atoms with van der Waals surface area (Å²) in [6.45, 7) is 1.79. The first-order valence-electron chi connectivity index (χ1n) is 7.73. The molecule has 2 atom stereocenters. The lowest BCUT2D eigenvalue weighted by molar-refractivity contribution is 0.0159. The Balaban J connectivity index is 1.73. The van der Waals surface area contributed by atoms with Crippen molar-refractivity contribution in [3.63, 3.8) is 0 Å². The minimum absolute atomic E-state index is 0.194. The van der Waals surface area contributed by atoms with Crippen molar-refractivity contribution in [1.29, 1.82) is 0 Å². The molecule has 2 aromatic rings. The lowest BCUT2D eigenvalue weighted by atomic mass is 9.99. The van der Waals surface area contributed by atoms with Crippen molar-refractivity contribution < 1.29 is 4.74 Å². The summed E-state index contributed by atoms with van der Waals surface area (Å²) >= 11 is 0. The van der Waals surface area contributed by atoms with Crippen LogP contribution in [0, 0.1) is 0 Å². The van der Waals surface area contributed by atoms with Gasteiger partial charge in [-0.2, -0.15) is 0 Å². The molecule has 0 amide bonds. The lowest BCUT2D eigenvalue weighted by Crippen LogP contribution is -2.34. The molecule has 1 fully saturated rings. The van der Waals surface area contributed by atoms with Crippen molar-refractivity contribution in [2.45, 2.75) is 31.4 Å². The number of benzene rings is 1. The molecule has 0 spiro atoms. The van der Waals surface area contributed by atoms with Gasteiger partial charge in [0.25, 0.3) is 0 Å². The van der Waals surface area contributed by atoms with E-state index in [2.05, 4.69) is 52.8 Å². The second kappa shape index (κ2) is 7.34. The van der Waals surface area contributed by atoms with Crippen LogP contribution in [0.15, 0.2) is 54.9 Å². The van der Waals surface area contributed by atoms with Crippen molar-refractivity contribution in [3.8, 4) is 0 Å². The van der Waals surface area contributed by atoms with Gasteiger partial charge in [0.2, 0.25) is 0 Å². The van der Waals surface area contributed by atoms with Gasteiger partial charge >= 0.3 is 0 Å². The molecule has 2 heterocycles. The average molecular weight is 282 g/mol. The van der Waals surface area contributed by atoms with Crippen LogP contribution in [-0.4, -0.2) is 24.2 Å². The molecule has 3 heteroatoms. The molecule has 1 saturated heterocycles. The summed E-state index contributed by atoms with van der Waals surface area (Å²) in [6, 6.07) is 14.9. The maximum absolute atomic E-state index is 5.83. The molecule has 0 saturated carbocycles. The van der Waals surface area contributed by atoms with Gasteiger partial charge in [0.1, 0.15) is 0 Å². The van der Waals surface area contributed by atoms with Gasteiger partial charge in [0, 0.05) is 25.5 Å². The van der Waals surface area contributed by atoms with Gasteiger partial charge in [0.05, 0.1) is 12.1 Å². The number of nitrogens with zero attached hydrogens (tertiary/aromatic N) is 1. The Bertz CT molecular complexity index is 484. The highest BCUT2D eigenvalue weighted by Gasteiger charge is 2.18. The summed E-state index contributed by atoms with van der Waals surface area (Å²) in [5, 5.41) is 3.67. The molecule has 3 nitrogen and oxygen atoms in total. The summed E-state index contributed by atoms with van der Waals surface area (Å²) in [5.74, 6) is 0. The molecular weight excluding hydrogens is 260 g/mol. The first kappa shape index (κ1) is 14.2. The summed E-state index contributed by atoms with van der Waals surface area (Å²) in [4.78, 5) is 4.12. The summed E-state index contributed by atoms with van der Waals surface area (Å²) in [5.41, 5.74) is 2.52. The second-order valence-electron chi connectivity index (χ2n) is 5.52. The van der Waals surface area contributed by atoms with Crippen molar-refractivity contribution in [1.82, 2.24) is 10.3 Å². The third-order valence-corrected chi connectivity index (χ3v) is 4.00. The average Bonchev–Trinajstić information content (AvgIpc) is 2.58. The van der Waals surface area contributed by atoms with Crippen LogP contribution in [0.4, 0.5) is 0 Å². The highest BCUT2D eigenvalue weighted by atomic mass is 16.5. The van der Waals surface area contributed by atoms with Gasteiger partial charge in [-0.05, 0) is 42.5 Å². The molecule has 0 bridgehead atoms. The van der Waals surface area contributed by atoms with Crippen molar-refractivity contribution in [3.05, 3.63) is 66.0 Å². The van der Waals surface area contributed by atoms with Crippen molar-refractivity contribution in [2.24, 2.45) is 0 Å². The predicted octanol–water partition coefficient (Wildman–Crippen LogP) is 3.33. The summed E-state index contributed by atoms with van der Waals surface area (Å²) in [7, 11) is 0. The quantitative estimate of drug-likeness (QED) is 0.913. The van der Waals surface area contributed by atoms with Crippen LogP contribution in [-0.2, 0) is 4.74 Å². The van der Waals surface area contributed by atoms with Gasteiger partial charge in [-0.3, -0.25) is 4.98 Å². The van der Waals surface area contributed by atoms with Gasteiger partial charge in [-0.15, -0.1) is 0 Å². The van der Waals surface area contributed by atoms with Gasteiger partial charge in [-0.1, -0.05) is 30.3 Å². The fourth-order valence-electron chi connectivity index (χ4n) is 2.85. The summed E-state index contributed by atoms with van der Waals surface area (Å²) in [6.07, 6.45) is 7.67. The number of pyridine rings is 1. The zero-order valence-corrected chi connectivity index (χ0v) is 12.2. The molecular formula is C18H22N2O. The molecule has 0 unspecified atom stereocenters. The van der Waals surface area contributed by atoms with Crippen LogP contribution in [0.5, 0.6) is 0 Å². The van der Waals surface area contributed by atoms with E-state index >= 15 is 0 Å². The Kier molecular flexibility index (Phi) is 4.98. The van der Waals surface area contributed by atoms with E-state index in [1.807, 2.05) is 12.4 Å². The Morgan fingerprint density at radius 1 is 1.05 bits per heavy atom. The Labute approximate surface area is 126 Å². The first-order valence-corrected chi connectivity index (χ1v) is 7.73. The van der Waals surface area contributed by atoms with E-state index < -0.39 is 0 Å². The molecule has 1 aromatic carbocycles. The van der Waals surface area contributed by atoms with E-state index in [4.69, 9.17) is 4.74 Å². The largest absolute Gasteiger partial charge is 0.377 e. The Hall–Kier alpha value is -1.71. The minimum atomic E-state index is 0.194. The van der Waals surface area contributed by atoms with Gasteiger partial charge < -0.3 is 10.1 Å². The van der Waals surface area contributed by atoms with Gasteiger partial charge in [-0.25, -0.2) is 0 Å². The van der Waals surface area contributed by atoms with Gasteiger partial charge in [0.15, 0.2) is 0 Å². The van der Waals surface area contributed by atoms with Crippen LogP contribution >= 0.6 is 0 Å². The van der Waals surface area contributed by atoms with E-state index in [-0.39, 0.29) is 6.04 Å². The van der Waals surface area contributed by atoms with E-state index in [9.17, 15) is 0 Å². The van der Waals surface area contributed by atoms with Crippen LogP contribution in [0.1, 0.15) is 36.4 Å². The fraction of sp³-hybridized carbons (Fsp3) is 0.389. The standard InChI is InChI=1S/C18H22N2O/c1-2-6-15(7-3-1)18(16-9-11-19-12-10-16)20-14-17-8-4-5-13-21-17/h1-3,6-7,9-12,17-18,20H,4-5,8,13-14H2/t17-,18+/m0/s1. The predicted molar refractivity (Wildman–Crippen MR) is 84.1 cm³/mol. The van der Waals surface area contributed by atoms with Crippen LogP contribution in [0.3, 0.4) is 0 Å². The lowest BCUT2D eigenvalue weighted by Gasteiger charge is -2.26. The van der Waals surface area contributed by atoms with E-state index in [1.165, 1.54) is 24.0 Å². The topological polar surface area (TPSA) is 34.1 Å². The normalized spacial score (nSPS) is 20.1. The molecule has 0 aliphatic carbocycles. The van der Waals surface area contributed by atoms with E-state index in [0.29, 0.717) is 6.10 Å². The van der Waals surface area contributed by atoms with Crippen molar-refractivity contribution in [2.75, 3.05) is 13.2 Å². The Morgan fingerprint density at radius 3 is 2.52 bits per heavy atom. The Morgan fingerprint density at radius 2 is 1.81 bits per heavy atom. The highest BCUT2D eigenvalue weighted by Crippen LogP contribution is 2.22. The smallest absolute Gasteiger partial charge is 0.0699 e. The molecule has 3 rings (SSSR count). The first-order chi connectivity index (χ1) is 10.4. The molecule has 0 radical (unpaired) electrons. The van der Waals surface area contributed by atoms with E-state index in [0.717, 1.165) is 19.6 Å². The maximum Gasteiger partial charge on any atom is 0.0699 e. The number of aromatic nitrogens is 1. The third kappa shape index (κ3) is 3.90. The fourth-order valence-corrected chi connectivity index (χ4v) is 2.85. The maximum atomic E-state index is 5.83. The van der Waals surface area contributed by atoms with Crippen LogP contribution in [0.2, 0.25) is 0 Å². The number of nitrogens with one attached hydrogen (secondary N) is 1. The number of ether oxygens (including phenoxy) is 1. The highest BCUT2D eigenvalue weighted by molar-refractivity contribution is 5.30. The molecule has 1 N–H and O–H groups in total. The summed E-state index contributed by atoms with van der Waals surface area (Å²) < 4.78 is 5.83. The van der Waals surface area contributed by atoms with Crippen LogP contribution < -0.4 is 5.32 Å². The second-order valence-corrected chi connectivity index (χ2v) is 5.52. The number of hydrogen-bond acceptors (Lipinski definition) is 3. The van der Waals surface area contributed by atoms with Crippen LogP contribution in [0.25, 0.3) is 0 Å². The third-order valence-electron chi connectivity index (χ3n) is 4.00. The van der Waals surface area contributed by atoms with E-state index in [1.54, 1.807) is 0 Å². The monoisotopic (exact) mass is 282 g/mol. The van der Waals surface area contributed by atoms with Crippen molar-refractivity contribution >= 4 is 0 Å². The number of hydrogen-bond donors (Lipinski definition) is 1. The molecule has 21 heavy (non-hydrogen) atoms. The zero-order chi connectivity index (χ0) is 14.3. The molecule has 110 valence electrons. The molecule has 1 aliphatic heterocycles. The molecule has 1 aromatic heterocycles. The minimum Gasteiger partial charge on any atom is -0.377 e. The zero-order valence-electron chi connectivity index (χ0n) is 12.2. The number of rotatable bonds is 5.